The highest BCUT2D eigenvalue weighted by Gasteiger charge is 2.18. The zero-order valence-corrected chi connectivity index (χ0v) is 9.92. The number of hydrogen-bond donors (Lipinski definition) is 1. The molecular weight excluding hydrogens is 210 g/mol. The van der Waals surface area contributed by atoms with Gasteiger partial charge in [0.1, 0.15) is 0 Å². The highest BCUT2D eigenvalue weighted by atomic mass is 32.2. The van der Waals surface area contributed by atoms with Crippen LogP contribution < -0.4 is 5.73 Å². The summed E-state index contributed by atoms with van der Waals surface area (Å²) in [6.07, 6.45) is 0. The standard InChI is InChI=1S/C11H17NO2S/c1-3-15(13,14)11-7-5-4-6-10(11)9(2)8-12/h4-7,9H,3,8,12H2,1-2H3. The first-order chi connectivity index (χ1) is 7.03. The van der Waals surface area contributed by atoms with E-state index < -0.39 is 9.84 Å². The first-order valence-electron chi connectivity index (χ1n) is 5.04. The quantitative estimate of drug-likeness (QED) is 0.848. The Kier molecular flexibility index (Phi) is 3.88. The molecule has 0 bridgehead atoms. The van der Waals surface area contributed by atoms with Crippen LogP contribution in [0.1, 0.15) is 25.3 Å². The van der Waals surface area contributed by atoms with Crippen molar-refractivity contribution in [3.8, 4) is 0 Å². The van der Waals surface area contributed by atoms with E-state index in [1.54, 1.807) is 19.1 Å². The lowest BCUT2D eigenvalue weighted by atomic mass is 10.0. The molecule has 0 aliphatic carbocycles. The molecule has 0 spiro atoms. The van der Waals surface area contributed by atoms with Gasteiger partial charge in [0.05, 0.1) is 10.6 Å². The van der Waals surface area contributed by atoms with Gasteiger partial charge in [-0.2, -0.15) is 0 Å². The fourth-order valence-corrected chi connectivity index (χ4v) is 2.68. The van der Waals surface area contributed by atoms with Crippen molar-refractivity contribution in [3.05, 3.63) is 29.8 Å². The highest BCUT2D eigenvalue weighted by Crippen LogP contribution is 2.23. The first-order valence-corrected chi connectivity index (χ1v) is 6.70. The van der Waals surface area contributed by atoms with E-state index in [-0.39, 0.29) is 11.7 Å². The van der Waals surface area contributed by atoms with Crippen LogP contribution in [0.15, 0.2) is 29.2 Å². The molecule has 0 aliphatic heterocycles. The molecule has 0 amide bonds. The molecule has 3 nitrogen and oxygen atoms in total. The minimum atomic E-state index is -3.14. The van der Waals surface area contributed by atoms with Gasteiger partial charge in [0.2, 0.25) is 0 Å². The van der Waals surface area contributed by atoms with E-state index in [1.165, 1.54) is 0 Å². The Morgan fingerprint density at radius 2 is 1.93 bits per heavy atom. The van der Waals surface area contributed by atoms with Crippen LogP contribution in [0.3, 0.4) is 0 Å². The largest absolute Gasteiger partial charge is 0.330 e. The molecule has 0 saturated carbocycles. The maximum absolute atomic E-state index is 11.8. The Hall–Kier alpha value is -0.870. The molecule has 0 saturated heterocycles. The van der Waals surface area contributed by atoms with Crippen molar-refractivity contribution in [1.29, 1.82) is 0 Å². The Labute approximate surface area is 91.2 Å². The van der Waals surface area contributed by atoms with Crippen LogP contribution in [0, 0.1) is 0 Å². The van der Waals surface area contributed by atoms with Crippen LogP contribution in [-0.4, -0.2) is 20.7 Å². The van der Waals surface area contributed by atoms with E-state index in [1.807, 2.05) is 19.1 Å². The van der Waals surface area contributed by atoms with Crippen molar-refractivity contribution in [3.63, 3.8) is 0 Å². The van der Waals surface area contributed by atoms with E-state index in [9.17, 15) is 8.42 Å². The summed E-state index contributed by atoms with van der Waals surface area (Å²) in [5.74, 6) is 0.198. The van der Waals surface area contributed by atoms with Crippen LogP contribution in [0.2, 0.25) is 0 Å². The van der Waals surface area contributed by atoms with Gasteiger partial charge >= 0.3 is 0 Å². The highest BCUT2D eigenvalue weighted by molar-refractivity contribution is 7.91. The van der Waals surface area contributed by atoms with Crippen molar-refractivity contribution in [2.75, 3.05) is 12.3 Å². The summed E-state index contributed by atoms with van der Waals surface area (Å²) in [4.78, 5) is 0.422. The van der Waals surface area contributed by atoms with Crippen molar-refractivity contribution in [1.82, 2.24) is 0 Å². The molecule has 1 aromatic carbocycles. The number of nitrogens with two attached hydrogens (primary N) is 1. The van der Waals surface area contributed by atoms with E-state index in [0.29, 0.717) is 11.4 Å². The molecule has 1 unspecified atom stereocenters. The fourth-order valence-electron chi connectivity index (χ4n) is 1.45. The number of benzene rings is 1. The van der Waals surface area contributed by atoms with Gasteiger partial charge in [-0.05, 0) is 24.1 Å². The Balaban J connectivity index is 3.30. The lowest BCUT2D eigenvalue weighted by molar-refractivity contribution is 0.594. The lowest BCUT2D eigenvalue weighted by Crippen LogP contribution is -2.14. The van der Waals surface area contributed by atoms with Crippen LogP contribution in [0.25, 0.3) is 0 Å². The van der Waals surface area contributed by atoms with Gasteiger partial charge in [-0.15, -0.1) is 0 Å². The van der Waals surface area contributed by atoms with E-state index >= 15 is 0 Å². The van der Waals surface area contributed by atoms with Gasteiger partial charge in [0, 0.05) is 0 Å². The molecule has 0 radical (unpaired) electrons. The topological polar surface area (TPSA) is 60.2 Å². The van der Waals surface area contributed by atoms with Crippen LogP contribution >= 0.6 is 0 Å². The SMILES string of the molecule is CCS(=O)(=O)c1ccccc1C(C)CN. The van der Waals surface area contributed by atoms with Crippen LogP contribution in [0.4, 0.5) is 0 Å². The molecule has 0 fully saturated rings. The predicted octanol–water partition coefficient (Wildman–Crippen LogP) is 1.54. The molecule has 0 aliphatic rings. The average molecular weight is 227 g/mol. The Morgan fingerprint density at radius 1 is 1.33 bits per heavy atom. The maximum Gasteiger partial charge on any atom is 0.178 e. The summed E-state index contributed by atoms with van der Waals surface area (Å²) < 4.78 is 23.6. The van der Waals surface area contributed by atoms with Crippen molar-refractivity contribution >= 4 is 9.84 Å². The Bertz CT molecular complexity index is 426. The molecular formula is C11H17NO2S. The molecule has 84 valence electrons. The second kappa shape index (κ2) is 4.77. The normalized spacial score (nSPS) is 13.8. The predicted molar refractivity (Wildman–Crippen MR) is 61.6 cm³/mol. The molecule has 1 rings (SSSR count). The summed E-state index contributed by atoms with van der Waals surface area (Å²) in [6.45, 7) is 4.04. The van der Waals surface area contributed by atoms with Gasteiger partial charge in [0.25, 0.3) is 0 Å². The minimum Gasteiger partial charge on any atom is -0.330 e. The fraction of sp³-hybridized carbons (Fsp3) is 0.455. The molecule has 1 aromatic rings. The first kappa shape index (κ1) is 12.2. The number of hydrogen-bond acceptors (Lipinski definition) is 3. The molecule has 2 N–H and O–H groups in total. The summed E-state index contributed by atoms with van der Waals surface area (Å²) in [5.41, 5.74) is 6.38. The Morgan fingerprint density at radius 3 is 2.47 bits per heavy atom. The summed E-state index contributed by atoms with van der Waals surface area (Å²) in [6, 6.07) is 7.08. The third-order valence-corrected chi connectivity index (χ3v) is 4.32. The molecule has 0 heterocycles. The number of rotatable bonds is 4. The maximum atomic E-state index is 11.8. The zero-order valence-electron chi connectivity index (χ0n) is 9.10. The third kappa shape index (κ3) is 2.58. The summed E-state index contributed by atoms with van der Waals surface area (Å²) >= 11 is 0. The van der Waals surface area contributed by atoms with Crippen molar-refractivity contribution < 1.29 is 8.42 Å². The molecule has 1 atom stereocenters. The monoisotopic (exact) mass is 227 g/mol. The smallest absolute Gasteiger partial charge is 0.178 e. The second-order valence-electron chi connectivity index (χ2n) is 3.58. The summed E-state index contributed by atoms with van der Waals surface area (Å²) in [5, 5.41) is 0. The van der Waals surface area contributed by atoms with E-state index in [0.717, 1.165) is 5.56 Å². The van der Waals surface area contributed by atoms with Gasteiger partial charge in [-0.1, -0.05) is 32.0 Å². The van der Waals surface area contributed by atoms with Gasteiger partial charge in [-0.3, -0.25) is 0 Å². The van der Waals surface area contributed by atoms with E-state index in [4.69, 9.17) is 5.73 Å². The van der Waals surface area contributed by atoms with Crippen molar-refractivity contribution in [2.24, 2.45) is 5.73 Å². The van der Waals surface area contributed by atoms with Crippen LogP contribution in [-0.2, 0) is 9.84 Å². The average Bonchev–Trinajstić information content (AvgIpc) is 2.28. The lowest BCUT2D eigenvalue weighted by Gasteiger charge is -2.14. The number of sulfone groups is 1. The summed E-state index contributed by atoms with van der Waals surface area (Å²) in [7, 11) is -3.14. The van der Waals surface area contributed by atoms with Gasteiger partial charge in [-0.25, -0.2) is 8.42 Å². The van der Waals surface area contributed by atoms with Gasteiger partial charge in [0.15, 0.2) is 9.84 Å². The zero-order chi connectivity index (χ0) is 11.5. The van der Waals surface area contributed by atoms with E-state index in [2.05, 4.69) is 0 Å². The van der Waals surface area contributed by atoms with Crippen molar-refractivity contribution in [2.45, 2.75) is 24.7 Å². The second-order valence-corrected chi connectivity index (χ2v) is 5.82. The molecule has 4 heteroatoms. The van der Waals surface area contributed by atoms with Crippen LogP contribution in [0.5, 0.6) is 0 Å². The van der Waals surface area contributed by atoms with Gasteiger partial charge < -0.3 is 5.73 Å². The molecule has 15 heavy (non-hydrogen) atoms. The third-order valence-electron chi connectivity index (χ3n) is 2.52. The molecule has 0 aromatic heterocycles. The minimum absolute atomic E-state index is 0.0718.